The molecule has 11 heteroatoms. The Labute approximate surface area is 216 Å². The number of carbonyl (C=O) groups excluding carboxylic acids is 4. The average Bonchev–Trinajstić information content (AvgIpc) is 3.19. The van der Waals surface area contributed by atoms with Crippen LogP contribution in [0.2, 0.25) is 0 Å². The van der Waals surface area contributed by atoms with Gasteiger partial charge in [-0.25, -0.2) is 0 Å². The van der Waals surface area contributed by atoms with Crippen LogP contribution in [-0.2, 0) is 14.4 Å². The number of aliphatic hydroxyl groups excluding tert-OH is 1. The second-order valence-electron chi connectivity index (χ2n) is 10.2. The number of benzene rings is 1. The van der Waals surface area contributed by atoms with Gasteiger partial charge >= 0.3 is 0 Å². The molecule has 5 rings (SSSR count). The van der Waals surface area contributed by atoms with Crippen molar-refractivity contribution < 1.29 is 24.3 Å². The minimum Gasteiger partial charge on any atom is -0.372 e. The fraction of sp³-hybridized carbons (Fsp3) is 0.615. The van der Waals surface area contributed by atoms with Crippen molar-refractivity contribution >= 4 is 23.6 Å². The summed E-state index contributed by atoms with van der Waals surface area (Å²) in [5.41, 5.74) is 2.75. The molecule has 5 N–H and O–H groups in total. The third-order valence-corrected chi connectivity index (χ3v) is 7.95. The van der Waals surface area contributed by atoms with E-state index in [0.29, 0.717) is 44.6 Å². The van der Waals surface area contributed by atoms with E-state index in [4.69, 9.17) is 0 Å². The van der Waals surface area contributed by atoms with Crippen molar-refractivity contribution in [2.45, 2.75) is 62.9 Å². The molecule has 0 radical (unpaired) electrons. The third-order valence-electron chi connectivity index (χ3n) is 7.95. The van der Waals surface area contributed by atoms with E-state index in [1.165, 1.54) is 0 Å². The molecule has 0 aromatic heterocycles. The van der Waals surface area contributed by atoms with E-state index in [0.717, 1.165) is 37.1 Å². The summed E-state index contributed by atoms with van der Waals surface area (Å²) in [5, 5.41) is 22.7. The Morgan fingerprint density at radius 2 is 1.86 bits per heavy atom. The fourth-order valence-corrected chi connectivity index (χ4v) is 6.11. The van der Waals surface area contributed by atoms with Gasteiger partial charge in [0.1, 0.15) is 6.23 Å². The molecule has 4 aliphatic rings. The lowest BCUT2D eigenvalue weighted by Crippen LogP contribution is -2.56. The number of amides is 4. The fourth-order valence-electron chi connectivity index (χ4n) is 6.11. The van der Waals surface area contributed by atoms with E-state index < -0.39 is 12.3 Å². The maximum Gasteiger partial charge on any atom is 0.255 e. The molecule has 11 nitrogen and oxygen atoms in total. The van der Waals surface area contributed by atoms with E-state index in [1.807, 2.05) is 18.2 Å². The van der Waals surface area contributed by atoms with Gasteiger partial charge in [0.2, 0.25) is 17.7 Å². The minimum absolute atomic E-state index is 0.0242. The maximum absolute atomic E-state index is 13.3. The van der Waals surface area contributed by atoms with E-state index in [-0.39, 0.29) is 48.6 Å². The van der Waals surface area contributed by atoms with Gasteiger partial charge in [0.25, 0.3) is 5.91 Å². The summed E-state index contributed by atoms with van der Waals surface area (Å²) < 4.78 is 0. The second kappa shape index (κ2) is 11.2. The largest absolute Gasteiger partial charge is 0.372 e. The smallest absolute Gasteiger partial charge is 0.255 e. The Morgan fingerprint density at radius 1 is 1.05 bits per heavy atom. The van der Waals surface area contributed by atoms with Crippen LogP contribution in [0.15, 0.2) is 18.2 Å². The zero-order chi connectivity index (χ0) is 25.9. The number of piperazine rings is 1. The molecular weight excluding hydrogens is 476 g/mol. The molecule has 0 spiro atoms. The third kappa shape index (κ3) is 5.34. The first-order valence-electron chi connectivity index (χ1n) is 13.4. The molecule has 1 aliphatic carbocycles. The standard InChI is InChI=1S/C26H36N6O5/c33-21(8-9-23(35)31-14-12-27-13-15-31)29-11-10-28-18-4-5-19-24-16(18)2-1-3-17(24)26(37)32(19)20-6-7-22(34)30-25(20)36/h1-3,18-20,25,27-28,36H,4-15H2,(H,29,33)(H,30,34). The highest BCUT2D eigenvalue weighted by Gasteiger charge is 2.47. The molecule has 200 valence electrons. The van der Waals surface area contributed by atoms with Gasteiger partial charge < -0.3 is 36.2 Å². The van der Waals surface area contributed by atoms with Crippen LogP contribution in [0.25, 0.3) is 0 Å². The average molecular weight is 513 g/mol. The van der Waals surface area contributed by atoms with Crippen molar-refractivity contribution in [2.24, 2.45) is 0 Å². The number of hydrogen-bond acceptors (Lipinski definition) is 7. The van der Waals surface area contributed by atoms with E-state index in [9.17, 15) is 24.3 Å². The predicted octanol–water partition coefficient (Wildman–Crippen LogP) is -0.467. The van der Waals surface area contributed by atoms with Crippen LogP contribution in [0, 0.1) is 0 Å². The first kappa shape index (κ1) is 25.6. The van der Waals surface area contributed by atoms with Crippen molar-refractivity contribution in [1.82, 2.24) is 31.1 Å². The lowest BCUT2D eigenvalue weighted by atomic mass is 9.83. The number of piperidine rings is 1. The summed E-state index contributed by atoms with van der Waals surface area (Å²) in [6.45, 7) is 4.00. The van der Waals surface area contributed by atoms with Crippen molar-refractivity contribution in [3.8, 4) is 0 Å². The first-order valence-corrected chi connectivity index (χ1v) is 13.4. The van der Waals surface area contributed by atoms with Gasteiger partial charge in [-0.15, -0.1) is 0 Å². The molecule has 2 fully saturated rings. The number of nitrogens with zero attached hydrogens (tertiary/aromatic N) is 2. The highest BCUT2D eigenvalue weighted by molar-refractivity contribution is 6.00. The van der Waals surface area contributed by atoms with Crippen LogP contribution in [0.1, 0.15) is 72.1 Å². The van der Waals surface area contributed by atoms with Gasteiger partial charge in [-0.1, -0.05) is 12.1 Å². The molecule has 0 saturated carbocycles. The monoisotopic (exact) mass is 512 g/mol. The molecule has 4 atom stereocenters. The summed E-state index contributed by atoms with van der Waals surface area (Å²) in [6.07, 6.45) is 1.66. The Morgan fingerprint density at radius 3 is 2.65 bits per heavy atom. The molecule has 2 saturated heterocycles. The summed E-state index contributed by atoms with van der Waals surface area (Å²) in [5.74, 6) is -0.393. The molecule has 1 aromatic carbocycles. The van der Waals surface area contributed by atoms with Crippen LogP contribution < -0.4 is 21.3 Å². The SMILES string of the molecule is O=C(CCC(=O)N1CCNCC1)NCCNC1CCC2c3c(cccc31)C(=O)N2C1CCC(=O)NC1O. The van der Waals surface area contributed by atoms with Gasteiger partial charge in [-0.05, 0) is 36.5 Å². The molecular formula is C26H36N6O5. The van der Waals surface area contributed by atoms with E-state index in [2.05, 4.69) is 21.3 Å². The Hall–Kier alpha value is -3.02. The predicted molar refractivity (Wildman–Crippen MR) is 134 cm³/mol. The van der Waals surface area contributed by atoms with E-state index >= 15 is 0 Å². The van der Waals surface area contributed by atoms with Gasteiger partial charge in [-0.2, -0.15) is 0 Å². The van der Waals surface area contributed by atoms with Crippen LogP contribution in [0.4, 0.5) is 0 Å². The van der Waals surface area contributed by atoms with Crippen molar-refractivity contribution in [3.63, 3.8) is 0 Å². The van der Waals surface area contributed by atoms with Crippen LogP contribution >= 0.6 is 0 Å². The van der Waals surface area contributed by atoms with Gasteiger partial charge in [0.05, 0.1) is 12.1 Å². The Kier molecular flexibility index (Phi) is 7.73. The number of rotatable bonds is 8. The lowest BCUT2D eigenvalue weighted by Gasteiger charge is -2.41. The van der Waals surface area contributed by atoms with Gasteiger partial charge in [0, 0.05) is 70.1 Å². The topological polar surface area (TPSA) is 143 Å². The van der Waals surface area contributed by atoms with Gasteiger partial charge in [-0.3, -0.25) is 19.2 Å². The highest BCUT2D eigenvalue weighted by atomic mass is 16.3. The molecule has 4 unspecified atom stereocenters. The molecule has 3 aliphatic heterocycles. The molecule has 0 bridgehead atoms. The summed E-state index contributed by atoms with van der Waals surface area (Å²) in [7, 11) is 0. The number of nitrogens with one attached hydrogen (secondary N) is 4. The van der Waals surface area contributed by atoms with Gasteiger partial charge in [0.15, 0.2) is 0 Å². The summed E-state index contributed by atoms with van der Waals surface area (Å²) in [6, 6.07) is 5.28. The lowest BCUT2D eigenvalue weighted by molar-refractivity contribution is -0.134. The molecule has 3 heterocycles. The van der Waals surface area contributed by atoms with Crippen molar-refractivity contribution in [1.29, 1.82) is 0 Å². The maximum atomic E-state index is 13.3. The highest BCUT2D eigenvalue weighted by Crippen LogP contribution is 2.47. The van der Waals surface area contributed by atoms with Crippen LogP contribution in [0.5, 0.6) is 0 Å². The zero-order valence-electron chi connectivity index (χ0n) is 21.0. The number of hydrogen-bond donors (Lipinski definition) is 5. The minimum atomic E-state index is -1.06. The van der Waals surface area contributed by atoms with Crippen LogP contribution in [-0.4, -0.2) is 90.1 Å². The summed E-state index contributed by atoms with van der Waals surface area (Å²) >= 11 is 0. The summed E-state index contributed by atoms with van der Waals surface area (Å²) in [4.78, 5) is 53.0. The number of carbonyl (C=O) groups is 4. The number of aliphatic hydroxyl groups is 1. The van der Waals surface area contributed by atoms with E-state index in [1.54, 1.807) is 9.80 Å². The normalized spacial score (nSPS) is 27.1. The van der Waals surface area contributed by atoms with Crippen molar-refractivity contribution in [2.75, 3.05) is 39.3 Å². The molecule has 1 aromatic rings. The molecule has 4 amide bonds. The van der Waals surface area contributed by atoms with Crippen LogP contribution in [0.3, 0.4) is 0 Å². The van der Waals surface area contributed by atoms with Crippen molar-refractivity contribution in [3.05, 3.63) is 34.9 Å². The zero-order valence-corrected chi connectivity index (χ0v) is 21.0. The second-order valence-corrected chi connectivity index (χ2v) is 10.2. The Bertz CT molecular complexity index is 1060. The first-order chi connectivity index (χ1) is 17.9. The quantitative estimate of drug-likeness (QED) is 0.297. The molecule has 37 heavy (non-hydrogen) atoms. The Balaban J connectivity index is 1.13.